The Morgan fingerprint density at radius 2 is 2.00 bits per heavy atom. The Balaban J connectivity index is 2.80. The van der Waals surface area contributed by atoms with E-state index in [1.54, 1.807) is 6.92 Å². The topological polar surface area (TPSA) is 75.4 Å². The number of nitrogens with two attached hydrogens (primary N) is 1. The van der Waals surface area contributed by atoms with E-state index in [4.69, 9.17) is 5.73 Å². The van der Waals surface area contributed by atoms with Crippen LogP contribution in [0.1, 0.15) is 13.3 Å². The predicted octanol–water partition coefficient (Wildman–Crippen LogP) is 1.03. The Morgan fingerprint density at radius 1 is 1.37 bits per heavy atom. The molecule has 1 atom stereocenters. The second kappa shape index (κ2) is 6.31. The zero-order valence-electron chi connectivity index (χ0n) is 11.4. The standard InChI is InChI=1S/C12H20FN3O2S/c1-9(4-5-16(2)3)15-19(17,18)12-7-10(13)6-11(14)8-12/h6-9,15H,4-5,14H2,1-3H3. The van der Waals surface area contributed by atoms with Crippen LogP contribution >= 0.6 is 0 Å². The van der Waals surface area contributed by atoms with Crippen molar-refractivity contribution < 1.29 is 12.8 Å². The summed E-state index contributed by atoms with van der Waals surface area (Å²) in [5.74, 6) is -0.665. The first kappa shape index (κ1) is 15.9. The highest BCUT2D eigenvalue weighted by atomic mass is 32.2. The molecule has 0 bridgehead atoms. The first-order valence-corrected chi connectivity index (χ1v) is 7.42. The lowest BCUT2D eigenvalue weighted by atomic mass is 10.2. The summed E-state index contributed by atoms with van der Waals surface area (Å²) in [6, 6.07) is 3.03. The highest BCUT2D eigenvalue weighted by Crippen LogP contribution is 2.16. The molecule has 0 saturated heterocycles. The highest BCUT2D eigenvalue weighted by molar-refractivity contribution is 7.89. The first-order valence-electron chi connectivity index (χ1n) is 5.94. The molecule has 0 aromatic heterocycles. The van der Waals surface area contributed by atoms with Gasteiger partial charge >= 0.3 is 0 Å². The van der Waals surface area contributed by atoms with Crippen LogP contribution in [-0.4, -0.2) is 40.0 Å². The molecule has 1 aromatic carbocycles. The van der Waals surface area contributed by atoms with Crippen molar-refractivity contribution in [2.45, 2.75) is 24.3 Å². The fraction of sp³-hybridized carbons (Fsp3) is 0.500. The number of nitrogens with one attached hydrogen (secondary N) is 1. The van der Waals surface area contributed by atoms with Gasteiger partial charge < -0.3 is 10.6 Å². The van der Waals surface area contributed by atoms with E-state index in [0.717, 1.165) is 18.7 Å². The number of anilines is 1. The van der Waals surface area contributed by atoms with Crippen molar-refractivity contribution in [2.24, 2.45) is 0 Å². The van der Waals surface area contributed by atoms with E-state index in [9.17, 15) is 12.8 Å². The summed E-state index contributed by atoms with van der Waals surface area (Å²) in [6.45, 7) is 2.53. The van der Waals surface area contributed by atoms with E-state index in [-0.39, 0.29) is 16.6 Å². The summed E-state index contributed by atoms with van der Waals surface area (Å²) >= 11 is 0. The van der Waals surface area contributed by atoms with Gasteiger partial charge in [-0.25, -0.2) is 17.5 Å². The average molecular weight is 289 g/mol. The van der Waals surface area contributed by atoms with Crippen molar-refractivity contribution in [2.75, 3.05) is 26.4 Å². The number of nitrogens with zero attached hydrogens (tertiary/aromatic N) is 1. The van der Waals surface area contributed by atoms with Gasteiger partial charge in [-0.05, 0) is 52.2 Å². The van der Waals surface area contributed by atoms with Gasteiger partial charge in [0, 0.05) is 11.7 Å². The number of halogens is 1. The summed E-state index contributed by atoms with van der Waals surface area (Å²) in [4.78, 5) is 1.81. The van der Waals surface area contributed by atoms with Crippen molar-refractivity contribution in [1.29, 1.82) is 0 Å². The lowest BCUT2D eigenvalue weighted by Crippen LogP contribution is -2.34. The molecule has 0 fully saturated rings. The van der Waals surface area contributed by atoms with Crippen LogP contribution < -0.4 is 10.5 Å². The Morgan fingerprint density at radius 3 is 2.53 bits per heavy atom. The predicted molar refractivity (Wildman–Crippen MR) is 73.8 cm³/mol. The van der Waals surface area contributed by atoms with Crippen LogP contribution in [0.25, 0.3) is 0 Å². The maximum absolute atomic E-state index is 13.2. The van der Waals surface area contributed by atoms with Gasteiger partial charge in [0.15, 0.2) is 0 Å². The lowest BCUT2D eigenvalue weighted by molar-refractivity contribution is 0.379. The van der Waals surface area contributed by atoms with E-state index in [0.29, 0.717) is 6.42 Å². The van der Waals surface area contributed by atoms with Crippen LogP contribution in [0.5, 0.6) is 0 Å². The monoisotopic (exact) mass is 289 g/mol. The van der Waals surface area contributed by atoms with E-state index in [2.05, 4.69) is 4.72 Å². The van der Waals surface area contributed by atoms with Gasteiger partial charge in [-0.2, -0.15) is 0 Å². The highest BCUT2D eigenvalue weighted by Gasteiger charge is 2.18. The minimum atomic E-state index is -3.74. The maximum Gasteiger partial charge on any atom is 0.240 e. The lowest BCUT2D eigenvalue weighted by Gasteiger charge is -2.17. The van der Waals surface area contributed by atoms with E-state index in [1.807, 2.05) is 19.0 Å². The molecule has 0 aliphatic carbocycles. The number of sulfonamides is 1. The third-order valence-corrected chi connectivity index (χ3v) is 4.14. The molecule has 3 N–H and O–H groups in total. The third kappa shape index (κ3) is 5.14. The number of rotatable bonds is 6. The number of hydrogen-bond acceptors (Lipinski definition) is 4. The molecular weight excluding hydrogens is 269 g/mol. The van der Waals surface area contributed by atoms with Crippen molar-refractivity contribution in [3.63, 3.8) is 0 Å². The minimum absolute atomic E-state index is 0.0846. The fourth-order valence-electron chi connectivity index (χ4n) is 1.58. The summed E-state index contributed by atoms with van der Waals surface area (Å²) in [6.07, 6.45) is 0.664. The summed E-state index contributed by atoms with van der Waals surface area (Å²) < 4.78 is 39.8. The molecule has 0 radical (unpaired) electrons. The zero-order valence-corrected chi connectivity index (χ0v) is 12.2. The van der Waals surface area contributed by atoms with Gasteiger partial charge in [0.05, 0.1) is 4.90 Å². The van der Waals surface area contributed by atoms with Crippen molar-refractivity contribution in [3.8, 4) is 0 Å². The minimum Gasteiger partial charge on any atom is -0.399 e. The van der Waals surface area contributed by atoms with Crippen LogP contribution in [0, 0.1) is 5.82 Å². The van der Waals surface area contributed by atoms with Crippen LogP contribution in [0.3, 0.4) is 0 Å². The molecule has 0 spiro atoms. The van der Waals surface area contributed by atoms with Crippen LogP contribution in [0.2, 0.25) is 0 Å². The van der Waals surface area contributed by atoms with Crippen LogP contribution in [0.15, 0.2) is 23.1 Å². The summed E-state index contributed by atoms with van der Waals surface area (Å²) in [5, 5.41) is 0. The molecule has 19 heavy (non-hydrogen) atoms. The Hall–Kier alpha value is -1.18. The van der Waals surface area contributed by atoms with Gasteiger partial charge in [-0.15, -0.1) is 0 Å². The van der Waals surface area contributed by atoms with Crippen LogP contribution in [0.4, 0.5) is 10.1 Å². The molecule has 1 rings (SSSR count). The molecule has 7 heteroatoms. The molecule has 1 unspecified atom stereocenters. The molecular formula is C12H20FN3O2S. The third-order valence-electron chi connectivity index (χ3n) is 2.57. The molecule has 0 amide bonds. The molecule has 0 saturated carbocycles. The second-order valence-electron chi connectivity index (χ2n) is 4.83. The Kier molecular flexibility index (Phi) is 5.28. The maximum atomic E-state index is 13.2. The number of nitrogen functional groups attached to an aromatic ring is 1. The second-order valence-corrected chi connectivity index (χ2v) is 6.55. The normalized spacial score (nSPS) is 13.7. The summed E-state index contributed by atoms with van der Waals surface area (Å²) in [5.41, 5.74) is 5.53. The largest absolute Gasteiger partial charge is 0.399 e. The van der Waals surface area contributed by atoms with Crippen LogP contribution in [-0.2, 0) is 10.0 Å². The van der Waals surface area contributed by atoms with Gasteiger partial charge in [-0.3, -0.25) is 0 Å². The van der Waals surface area contributed by atoms with E-state index in [1.165, 1.54) is 6.07 Å². The van der Waals surface area contributed by atoms with E-state index >= 15 is 0 Å². The van der Waals surface area contributed by atoms with Crippen molar-refractivity contribution in [1.82, 2.24) is 9.62 Å². The van der Waals surface area contributed by atoms with Gasteiger partial charge in [0.25, 0.3) is 0 Å². The van der Waals surface area contributed by atoms with Crippen molar-refractivity contribution in [3.05, 3.63) is 24.0 Å². The molecule has 0 aliphatic heterocycles. The number of benzene rings is 1. The molecule has 0 heterocycles. The molecule has 108 valence electrons. The Labute approximate surface area is 113 Å². The molecule has 0 aliphatic rings. The van der Waals surface area contributed by atoms with Gasteiger partial charge in [0.2, 0.25) is 10.0 Å². The number of hydrogen-bond donors (Lipinski definition) is 2. The fourth-order valence-corrected chi connectivity index (χ4v) is 2.93. The Bertz CT molecular complexity index is 512. The SMILES string of the molecule is CC(CCN(C)C)NS(=O)(=O)c1cc(N)cc(F)c1. The van der Waals surface area contributed by atoms with E-state index < -0.39 is 15.8 Å². The zero-order chi connectivity index (χ0) is 14.6. The van der Waals surface area contributed by atoms with Crippen molar-refractivity contribution >= 4 is 15.7 Å². The average Bonchev–Trinajstić information content (AvgIpc) is 2.24. The quantitative estimate of drug-likeness (QED) is 0.767. The van der Waals surface area contributed by atoms with Gasteiger partial charge in [-0.1, -0.05) is 0 Å². The smallest absolute Gasteiger partial charge is 0.240 e. The summed E-state index contributed by atoms with van der Waals surface area (Å²) in [7, 11) is 0.0815. The molecule has 1 aromatic rings. The van der Waals surface area contributed by atoms with Gasteiger partial charge in [0.1, 0.15) is 5.82 Å². The first-order chi connectivity index (χ1) is 8.70. The molecule has 5 nitrogen and oxygen atoms in total.